The Labute approximate surface area is 121 Å². The number of hydrogen-bond acceptors (Lipinski definition) is 4. The first-order valence-corrected chi connectivity index (χ1v) is 7.04. The molecule has 0 spiro atoms. The SMILES string of the molecule is COc1ccc(Br)cc1CC(=O)C1CN(C)CCO1. The van der Waals surface area contributed by atoms with Crippen LogP contribution in [0.1, 0.15) is 5.56 Å². The van der Waals surface area contributed by atoms with Gasteiger partial charge < -0.3 is 14.4 Å². The number of halogens is 1. The Kier molecular flexibility index (Phi) is 4.96. The van der Waals surface area contributed by atoms with E-state index < -0.39 is 0 Å². The van der Waals surface area contributed by atoms with Gasteiger partial charge >= 0.3 is 0 Å². The lowest BCUT2D eigenvalue weighted by atomic mass is 10.0. The second kappa shape index (κ2) is 6.50. The molecule has 0 amide bonds. The third-order valence-corrected chi connectivity index (χ3v) is 3.73. The first kappa shape index (κ1) is 14.5. The quantitative estimate of drug-likeness (QED) is 0.846. The van der Waals surface area contributed by atoms with Crippen molar-refractivity contribution < 1.29 is 14.3 Å². The molecule has 2 rings (SSSR count). The Morgan fingerprint density at radius 3 is 3.05 bits per heavy atom. The Hall–Kier alpha value is -0.910. The van der Waals surface area contributed by atoms with Crippen molar-refractivity contribution in [3.63, 3.8) is 0 Å². The molecule has 1 unspecified atom stereocenters. The van der Waals surface area contributed by atoms with Gasteiger partial charge in [0.25, 0.3) is 0 Å². The van der Waals surface area contributed by atoms with Crippen LogP contribution in [0.3, 0.4) is 0 Å². The van der Waals surface area contributed by atoms with Crippen LogP contribution >= 0.6 is 15.9 Å². The molecule has 4 nitrogen and oxygen atoms in total. The van der Waals surface area contributed by atoms with Crippen LogP contribution in [0.4, 0.5) is 0 Å². The summed E-state index contributed by atoms with van der Waals surface area (Å²) in [7, 11) is 3.62. The number of likely N-dealkylation sites (N-methyl/N-ethyl adjacent to an activating group) is 1. The number of Topliss-reactive ketones (excluding diaryl/α,β-unsaturated/α-hetero) is 1. The normalized spacial score (nSPS) is 20.3. The van der Waals surface area contributed by atoms with Gasteiger partial charge in [-0.1, -0.05) is 15.9 Å². The number of rotatable bonds is 4. The van der Waals surface area contributed by atoms with E-state index >= 15 is 0 Å². The van der Waals surface area contributed by atoms with E-state index in [4.69, 9.17) is 9.47 Å². The van der Waals surface area contributed by atoms with Crippen molar-refractivity contribution in [2.75, 3.05) is 33.9 Å². The van der Waals surface area contributed by atoms with Crippen molar-refractivity contribution in [1.82, 2.24) is 4.90 Å². The third kappa shape index (κ3) is 3.78. The van der Waals surface area contributed by atoms with Crippen LogP contribution in [0.25, 0.3) is 0 Å². The molecule has 1 fully saturated rings. The van der Waals surface area contributed by atoms with Gasteiger partial charge in [0.1, 0.15) is 11.9 Å². The summed E-state index contributed by atoms with van der Waals surface area (Å²) in [5, 5.41) is 0. The summed E-state index contributed by atoms with van der Waals surface area (Å²) in [6.07, 6.45) is 0.00337. The summed E-state index contributed by atoms with van der Waals surface area (Å²) >= 11 is 3.41. The number of carbonyl (C=O) groups excluding carboxylic acids is 1. The topological polar surface area (TPSA) is 38.8 Å². The molecule has 0 radical (unpaired) electrons. The number of ketones is 1. The fraction of sp³-hybridized carbons (Fsp3) is 0.500. The lowest BCUT2D eigenvalue weighted by Gasteiger charge is -2.29. The van der Waals surface area contributed by atoms with E-state index in [0.717, 1.165) is 22.3 Å². The maximum absolute atomic E-state index is 12.3. The van der Waals surface area contributed by atoms with Crippen LogP contribution in [-0.2, 0) is 16.0 Å². The Balaban J connectivity index is 2.07. The zero-order valence-electron chi connectivity index (χ0n) is 11.2. The van der Waals surface area contributed by atoms with Crippen molar-refractivity contribution in [3.05, 3.63) is 28.2 Å². The second-order valence-corrected chi connectivity index (χ2v) is 5.64. The van der Waals surface area contributed by atoms with Crippen molar-refractivity contribution in [2.24, 2.45) is 0 Å². The molecular formula is C14H18BrNO3. The van der Waals surface area contributed by atoms with Gasteiger partial charge in [-0.25, -0.2) is 0 Å². The van der Waals surface area contributed by atoms with Gasteiger partial charge in [-0.15, -0.1) is 0 Å². The highest BCUT2D eigenvalue weighted by Gasteiger charge is 2.25. The zero-order valence-corrected chi connectivity index (χ0v) is 12.8. The van der Waals surface area contributed by atoms with E-state index in [1.165, 1.54) is 0 Å². The highest BCUT2D eigenvalue weighted by atomic mass is 79.9. The number of methoxy groups -OCH3 is 1. The first-order valence-electron chi connectivity index (χ1n) is 6.25. The fourth-order valence-corrected chi connectivity index (χ4v) is 2.57. The van der Waals surface area contributed by atoms with Crippen LogP contribution < -0.4 is 4.74 Å². The van der Waals surface area contributed by atoms with Gasteiger partial charge in [0.05, 0.1) is 13.7 Å². The van der Waals surface area contributed by atoms with E-state index in [1.54, 1.807) is 7.11 Å². The minimum absolute atomic E-state index is 0.1000. The lowest BCUT2D eigenvalue weighted by Crippen LogP contribution is -2.44. The van der Waals surface area contributed by atoms with Crippen LogP contribution in [0.15, 0.2) is 22.7 Å². The average molecular weight is 328 g/mol. The average Bonchev–Trinajstić information content (AvgIpc) is 2.39. The maximum Gasteiger partial charge on any atom is 0.167 e. The zero-order chi connectivity index (χ0) is 13.8. The van der Waals surface area contributed by atoms with Crippen LogP contribution in [-0.4, -0.2) is 50.6 Å². The summed E-state index contributed by atoms with van der Waals surface area (Å²) in [6.45, 7) is 2.15. The summed E-state index contributed by atoms with van der Waals surface area (Å²) in [4.78, 5) is 14.4. The molecule has 0 saturated carbocycles. The van der Waals surface area contributed by atoms with E-state index in [2.05, 4.69) is 20.8 Å². The minimum Gasteiger partial charge on any atom is -0.496 e. The second-order valence-electron chi connectivity index (χ2n) is 4.72. The summed E-state index contributed by atoms with van der Waals surface area (Å²) in [6, 6.07) is 5.68. The van der Waals surface area contributed by atoms with E-state index in [-0.39, 0.29) is 11.9 Å². The van der Waals surface area contributed by atoms with Crippen molar-refractivity contribution in [1.29, 1.82) is 0 Å². The Bertz CT molecular complexity index is 464. The molecule has 5 heteroatoms. The van der Waals surface area contributed by atoms with Crippen LogP contribution in [0.2, 0.25) is 0 Å². The molecule has 1 aromatic carbocycles. The molecule has 0 aliphatic carbocycles. The smallest absolute Gasteiger partial charge is 0.167 e. The van der Waals surface area contributed by atoms with E-state index in [0.29, 0.717) is 19.6 Å². The standard InChI is InChI=1S/C14H18BrNO3/c1-16-5-6-19-14(9-16)12(17)8-10-7-11(15)3-4-13(10)18-2/h3-4,7,14H,5-6,8-9H2,1-2H3. The Morgan fingerprint density at radius 2 is 2.37 bits per heavy atom. The molecule has 1 atom stereocenters. The van der Waals surface area contributed by atoms with Crippen LogP contribution in [0.5, 0.6) is 5.75 Å². The van der Waals surface area contributed by atoms with Gasteiger partial charge in [-0.05, 0) is 25.2 Å². The molecule has 1 aromatic rings. The van der Waals surface area contributed by atoms with Crippen molar-refractivity contribution >= 4 is 21.7 Å². The number of benzene rings is 1. The fourth-order valence-electron chi connectivity index (χ4n) is 2.16. The number of morpholine rings is 1. The number of hydrogen-bond donors (Lipinski definition) is 0. The van der Waals surface area contributed by atoms with Crippen LogP contribution in [0, 0.1) is 0 Å². The van der Waals surface area contributed by atoms with Gasteiger partial charge in [0, 0.05) is 29.5 Å². The highest BCUT2D eigenvalue weighted by molar-refractivity contribution is 9.10. The predicted octanol–water partition coefficient (Wildman–Crippen LogP) is 1.90. The van der Waals surface area contributed by atoms with E-state index in [1.807, 2.05) is 25.2 Å². The number of ether oxygens (including phenoxy) is 2. The first-order chi connectivity index (χ1) is 9.10. The lowest BCUT2D eigenvalue weighted by molar-refractivity contribution is -0.134. The Morgan fingerprint density at radius 1 is 1.58 bits per heavy atom. The monoisotopic (exact) mass is 327 g/mol. The number of nitrogens with zero attached hydrogens (tertiary/aromatic N) is 1. The molecule has 0 aromatic heterocycles. The molecule has 1 saturated heterocycles. The van der Waals surface area contributed by atoms with Gasteiger partial charge in [-0.3, -0.25) is 4.79 Å². The predicted molar refractivity (Wildman–Crippen MR) is 76.6 cm³/mol. The van der Waals surface area contributed by atoms with E-state index in [9.17, 15) is 4.79 Å². The maximum atomic E-state index is 12.3. The summed E-state index contributed by atoms with van der Waals surface area (Å²) < 4.78 is 11.8. The largest absolute Gasteiger partial charge is 0.496 e. The highest BCUT2D eigenvalue weighted by Crippen LogP contribution is 2.24. The summed E-state index contributed by atoms with van der Waals surface area (Å²) in [5.74, 6) is 0.837. The third-order valence-electron chi connectivity index (χ3n) is 3.24. The molecule has 104 valence electrons. The molecule has 1 aliphatic heterocycles. The van der Waals surface area contributed by atoms with Crippen molar-refractivity contribution in [2.45, 2.75) is 12.5 Å². The van der Waals surface area contributed by atoms with Gasteiger partial charge in [0.2, 0.25) is 0 Å². The molecule has 0 bridgehead atoms. The van der Waals surface area contributed by atoms with Gasteiger partial charge in [0.15, 0.2) is 5.78 Å². The molecule has 0 N–H and O–H groups in total. The van der Waals surface area contributed by atoms with Gasteiger partial charge in [-0.2, -0.15) is 0 Å². The molecular weight excluding hydrogens is 310 g/mol. The minimum atomic E-state index is -0.331. The summed E-state index contributed by atoms with van der Waals surface area (Å²) in [5.41, 5.74) is 0.888. The molecule has 1 heterocycles. The molecule has 19 heavy (non-hydrogen) atoms. The molecule has 1 aliphatic rings. The van der Waals surface area contributed by atoms with Crippen molar-refractivity contribution in [3.8, 4) is 5.75 Å². The number of carbonyl (C=O) groups is 1.